The Morgan fingerprint density at radius 3 is 2.63 bits per heavy atom. The number of carboxylic acid groups (broad SMARTS) is 1. The topological polar surface area (TPSA) is 57.5 Å². The van der Waals surface area contributed by atoms with Crippen LogP contribution in [0, 0.1) is 5.92 Å². The van der Waals surface area contributed by atoms with Crippen molar-refractivity contribution in [2.24, 2.45) is 5.92 Å². The lowest BCUT2D eigenvalue weighted by Crippen LogP contribution is -2.45. The number of carboxylic acids is 1. The third-order valence-electron chi connectivity index (χ3n) is 5.04. The number of aryl methyl sites for hydroxylation is 1. The summed E-state index contributed by atoms with van der Waals surface area (Å²) in [4.78, 5) is 11.7. The van der Waals surface area contributed by atoms with E-state index in [9.17, 15) is 15.0 Å². The summed E-state index contributed by atoms with van der Waals surface area (Å²) in [6, 6.07) is 5.62. The fourth-order valence-corrected chi connectivity index (χ4v) is 4.26. The highest BCUT2D eigenvalue weighted by Gasteiger charge is 2.49. The minimum atomic E-state index is -0.698. The number of rotatable bonds is 1. The maximum atomic E-state index is 11.7. The standard InChI is InChI=1S/C16H20O3/c17-13-6-4-5-11-7-8-12(15(18)19)16(14(11)13)9-2-1-3-10-16/h4-6,12,17H,1-3,7-10H2,(H,18,19). The number of aliphatic carboxylic acids is 1. The van der Waals surface area contributed by atoms with Crippen LogP contribution in [0.15, 0.2) is 18.2 Å². The van der Waals surface area contributed by atoms with Crippen LogP contribution in [-0.2, 0) is 16.6 Å². The molecule has 1 spiro atoms. The highest BCUT2D eigenvalue weighted by molar-refractivity contribution is 5.74. The van der Waals surface area contributed by atoms with Crippen molar-refractivity contribution in [3.8, 4) is 5.75 Å². The lowest BCUT2D eigenvalue weighted by atomic mass is 9.57. The Labute approximate surface area is 113 Å². The summed E-state index contributed by atoms with van der Waals surface area (Å²) in [5, 5.41) is 19.9. The minimum Gasteiger partial charge on any atom is -0.508 e. The van der Waals surface area contributed by atoms with Crippen LogP contribution in [0.2, 0.25) is 0 Å². The van der Waals surface area contributed by atoms with Gasteiger partial charge in [0.1, 0.15) is 5.75 Å². The van der Waals surface area contributed by atoms with Crippen molar-refractivity contribution >= 4 is 5.97 Å². The predicted octanol–water partition coefficient (Wildman–Crippen LogP) is 3.24. The van der Waals surface area contributed by atoms with Gasteiger partial charge in [-0.25, -0.2) is 0 Å². The van der Waals surface area contributed by atoms with Gasteiger partial charge in [0, 0.05) is 11.0 Å². The van der Waals surface area contributed by atoms with Gasteiger partial charge >= 0.3 is 5.97 Å². The van der Waals surface area contributed by atoms with Crippen LogP contribution in [0.1, 0.15) is 49.7 Å². The van der Waals surface area contributed by atoms with E-state index in [0.717, 1.165) is 43.2 Å². The zero-order valence-electron chi connectivity index (χ0n) is 11.1. The second-order valence-electron chi connectivity index (χ2n) is 5.96. The van der Waals surface area contributed by atoms with E-state index in [0.29, 0.717) is 12.2 Å². The molecule has 0 saturated heterocycles. The number of phenols is 1. The molecule has 0 bridgehead atoms. The normalized spacial score (nSPS) is 24.9. The molecule has 1 unspecified atom stereocenters. The summed E-state index contributed by atoms with van der Waals surface area (Å²) in [6.07, 6.45) is 6.57. The molecule has 2 aliphatic rings. The van der Waals surface area contributed by atoms with Gasteiger partial charge in [-0.15, -0.1) is 0 Å². The number of phenolic OH excluding ortho intramolecular Hbond substituents is 1. The molecule has 0 aromatic heterocycles. The molecule has 3 heteroatoms. The van der Waals surface area contributed by atoms with E-state index in [1.165, 1.54) is 6.42 Å². The first kappa shape index (κ1) is 12.5. The van der Waals surface area contributed by atoms with Gasteiger partial charge in [-0.1, -0.05) is 31.4 Å². The molecular weight excluding hydrogens is 240 g/mol. The van der Waals surface area contributed by atoms with Crippen LogP contribution < -0.4 is 0 Å². The average molecular weight is 260 g/mol. The smallest absolute Gasteiger partial charge is 0.307 e. The molecule has 0 amide bonds. The Morgan fingerprint density at radius 2 is 1.95 bits per heavy atom. The molecule has 19 heavy (non-hydrogen) atoms. The molecule has 0 aliphatic heterocycles. The van der Waals surface area contributed by atoms with E-state index in [-0.39, 0.29) is 11.3 Å². The molecule has 1 atom stereocenters. The van der Waals surface area contributed by atoms with Gasteiger partial charge in [0.05, 0.1) is 5.92 Å². The second kappa shape index (κ2) is 4.55. The third-order valence-corrected chi connectivity index (χ3v) is 5.04. The zero-order chi connectivity index (χ0) is 13.5. The summed E-state index contributed by atoms with van der Waals surface area (Å²) in [7, 11) is 0. The monoisotopic (exact) mass is 260 g/mol. The summed E-state index contributed by atoms with van der Waals surface area (Å²) < 4.78 is 0. The van der Waals surface area contributed by atoms with E-state index in [1.807, 2.05) is 12.1 Å². The van der Waals surface area contributed by atoms with Gasteiger partial charge in [-0.05, 0) is 37.3 Å². The molecule has 0 heterocycles. The minimum absolute atomic E-state index is 0.297. The highest BCUT2D eigenvalue weighted by Crippen LogP contribution is 2.53. The van der Waals surface area contributed by atoms with Crippen LogP contribution in [0.3, 0.4) is 0 Å². The van der Waals surface area contributed by atoms with E-state index >= 15 is 0 Å². The average Bonchev–Trinajstić information content (AvgIpc) is 2.39. The molecule has 1 aromatic rings. The SMILES string of the molecule is O=C(O)C1CCc2cccc(O)c2C12CCCCC2. The Kier molecular flexibility index (Phi) is 3.00. The van der Waals surface area contributed by atoms with Crippen LogP contribution >= 0.6 is 0 Å². The van der Waals surface area contributed by atoms with E-state index < -0.39 is 5.97 Å². The first-order valence-electron chi connectivity index (χ1n) is 7.19. The molecule has 1 saturated carbocycles. The lowest BCUT2D eigenvalue weighted by Gasteiger charge is -2.46. The number of aromatic hydroxyl groups is 1. The van der Waals surface area contributed by atoms with Crippen LogP contribution in [0.25, 0.3) is 0 Å². The third kappa shape index (κ3) is 1.83. The molecule has 1 aromatic carbocycles. The molecule has 3 nitrogen and oxygen atoms in total. The molecule has 2 aliphatic carbocycles. The first-order chi connectivity index (χ1) is 9.15. The predicted molar refractivity (Wildman–Crippen MR) is 72.3 cm³/mol. The number of fused-ring (bicyclic) bond motifs is 2. The highest BCUT2D eigenvalue weighted by atomic mass is 16.4. The van der Waals surface area contributed by atoms with Crippen LogP contribution in [-0.4, -0.2) is 16.2 Å². The number of hydrogen-bond donors (Lipinski definition) is 2. The maximum absolute atomic E-state index is 11.7. The molecule has 1 fully saturated rings. The molecule has 2 N–H and O–H groups in total. The van der Waals surface area contributed by atoms with Crippen molar-refractivity contribution in [1.82, 2.24) is 0 Å². The van der Waals surface area contributed by atoms with Gasteiger partial charge in [0.2, 0.25) is 0 Å². The summed E-state index contributed by atoms with van der Waals surface area (Å²) in [6.45, 7) is 0. The fraction of sp³-hybridized carbons (Fsp3) is 0.562. The Balaban J connectivity index is 2.17. The number of hydrogen-bond acceptors (Lipinski definition) is 2. The quantitative estimate of drug-likeness (QED) is 0.815. The fourth-order valence-electron chi connectivity index (χ4n) is 4.26. The number of benzene rings is 1. The van der Waals surface area contributed by atoms with Gasteiger partial charge in [0.15, 0.2) is 0 Å². The van der Waals surface area contributed by atoms with E-state index in [2.05, 4.69) is 0 Å². The van der Waals surface area contributed by atoms with E-state index in [1.54, 1.807) is 6.07 Å². The number of carbonyl (C=O) groups is 1. The van der Waals surface area contributed by atoms with Crippen molar-refractivity contribution in [2.75, 3.05) is 0 Å². The second-order valence-corrected chi connectivity index (χ2v) is 5.96. The summed E-state index contributed by atoms with van der Waals surface area (Å²) in [5.41, 5.74) is 1.76. The van der Waals surface area contributed by atoms with Gasteiger partial charge in [0.25, 0.3) is 0 Å². The molecule has 3 rings (SSSR count). The molecule has 0 radical (unpaired) electrons. The van der Waals surface area contributed by atoms with Gasteiger partial charge in [-0.3, -0.25) is 4.79 Å². The van der Waals surface area contributed by atoms with Crippen molar-refractivity contribution in [3.63, 3.8) is 0 Å². The van der Waals surface area contributed by atoms with Crippen LogP contribution in [0.4, 0.5) is 0 Å². The van der Waals surface area contributed by atoms with Crippen molar-refractivity contribution < 1.29 is 15.0 Å². The zero-order valence-corrected chi connectivity index (χ0v) is 11.1. The van der Waals surface area contributed by atoms with Crippen molar-refractivity contribution in [2.45, 2.75) is 50.4 Å². The van der Waals surface area contributed by atoms with Gasteiger partial charge in [-0.2, -0.15) is 0 Å². The summed E-state index contributed by atoms with van der Waals surface area (Å²) in [5.74, 6) is -0.741. The Hall–Kier alpha value is -1.51. The van der Waals surface area contributed by atoms with Crippen LogP contribution in [0.5, 0.6) is 5.75 Å². The first-order valence-corrected chi connectivity index (χ1v) is 7.19. The molecule has 102 valence electrons. The van der Waals surface area contributed by atoms with Crippen molar-refractivity contribution in [1.29, 1.82) is 0 Å². The molecular formula is C16H20O3. The van der Waals surface area contributed by atoms with Crippen molar-refractivity contribution in [3.05, 3.63) is 29.3 Å². The summed E-state index contributed by atoms with van der Waals surface area (Å²) >= 11 is 0. The van der Waals surface area contributed by atoms with E-state index in [4.69, 9.17) is 0 Å². The van der Waals surface area contributed by atoms with Gasteiger partial charge < -0.3 is 10.2 Å². The Morgan fingerprint density at radius 1 is 1.21 bits per heavy atom. The maximum Gasteiger partial charge on any atom is 0.307 e. The Bertz CT molecular complexity index is 501. The largest absolute Gasteiger partial charge is 0.508 e. The lowest BCUT2D eigenvalue weighted by molar-refractivity contribution is -0.146.